The first kappa shape index (κ1) is 49.6. The Morgan fingerprint density at radius 1 is 0.776 bits per heavy atom. The first-order valence-electron chi connectivity index (χ1n) is 17.2. The van der Waals surface area contributed by atoms with E-state index in [4.69, 9.17) is 27.8 Å². The Balaban J connectivity index is 0.000000329. The number of nitrogens with zero attached hydrogens (tertiary/aromatic N) is 9. The number of halogens is 3. The van der Waals surface area contributed by atoms with Gasteiger partial charge in [0, 0.05) is 30.2 Å². The lowest BCUT2D eigenvalue weighted by atomic mass is 10.3. The van der Waals surface area contributed by atoms with Gasteiger partial charge in [-0.1, -0.05) is 33.3 Å². The molecule has 0 unspecified atom stereocenters. The van der Waals surface area contributed by atoms with Crippen molar-refractivity contribution in [1.82, 2.24) is 39.9 Å². The van der Waals surface area contributed by atoms with Crippen LogP contribution in [0.3, 0.4) is 0 Å². The van der Waals surface area contributed by atoms with Crippen molar-refractivity contribution in [2.24, 2.45) is 0 Å². The van der Waals surface area contributed by atoms with E-state index in [1.165, 1.54) is 36.9 Å². The zero-order valence-electron chi connectivity index (χ0n) is 32.3. The van der Waals surface area contributed by atoms with Crippen molar-refractivity contribution in [3.63, 3.8) is 0 Å². The van der Waals surface area contributed by atoms with Crippen LogP contribution in [-0.4, -0.2) is 94.3 Å². The molecule has 24 heteroatoms. The molecule has 5 rings (SSSR count). The third kappa shape index (κ3) is 17.9. The summed E-state index contributed by atoms with van der Waals surface area (Å²) in [5.41, 5.74) is 1.17. The minimum Gasteiger partial charge on any atom is -0.324 e. The molecule has 0 fully saturated rings. The molecule has 2 aromatic carbocycles. The molecule has 58 heavy (non-hydrogen) atoms. The molecule has 5 aromatic rings. The van der Waals surface area contributed by atoms with Crippen LogP contribution >= 0.6 is 23.2 Å². The first-order chi connectivity index (χ1) is 27.2. The molecular formula is C34H43Cl2FN10O8S3. The predicted octanol–water partition coefficient (Wildman–Crippen LogP) is 6.38. The van der Waals surface area contributed by atoms with Gasteiger partial charge in [-0.15, -0.1) is 0 Å². The minimum atomic E-state index is -4.71. The summed E-state index contributed by atoms with van der Waals surface area (Å²) in [6.07, 6.45) is 4.35. The maximum Gasteiger partial charge on any atom is 0.397 e. The normalized spacial score (nSPS) is 11.1. The Labute approximate surface area is 347 Å². The van der Waals surface area contributed by atoms with Gasteiger partial charge in [0.2, 0.25) is 28.4 Å². The SMILES string of the molecule is CCC.CCCS(=O)(=O)c1ccc(Nc2nc(C)nc(Cl)n2)cc1.CCN(c1cccc(S(=O)(=O)CCOS(=O)(=O)O)c1)c1nc(C)nc(Cl)n1.Fc1ccncn1. The second-order valence-corrected chi connectivity index (χ2v) is 17.4. The molecule has 0 aliphatic carbocycles. The van der Waals surface area contributed by atoms with E-state index in [1.54, 1.807) is 49.1 Å². The van der Waals surface area contributed by atoms with Gasteiger partial charge in [-0.25, -0.2) is 41.0 Å². The maximum absolute atomic E-state index is 12.4. The van der Waals surface area contributed by atoms with Gasteiger partial charge in [0.25, 0.3) is 0 Å². The number of nitrogens with one attached hydrogen (secondary N) is 1. The van der Waals surface area contributed by atoms with E-state index in [-0.39, 0.29) is 27.2 Å². The van der Waals surface area contributed by atoms with Crippen molar-refractivity contribution in [2.45, 2.75) is 64.2 Å². The van der Waals surface area contributed by atoms with E-state index >= 15 is 0 Å². The average Bonchev–Trinajstić information content (AvgIpc) is 3.12. The Bertz CT molecular complexity index is 2350. The number of sulfone groups is 2. The number of hydrogen-bond acceptors (Lipinski definition) is 17. The van der Waals surface area contributed by atoms with Crippen LogP contribution in [0, 0.1) is 19.8 Å². The molecule has 0 bridgehead atoms. The highest BCUT2D eigenvalue weighted by molar-refractivity contribution is 7.91. The topological polar surface area (TPSA) is 250 Å². The highest BCUT2D eigenvalue weighted by Crippen LogP contribution is 2.26. The number of anilines is 4. The summed E-state index contributed by atoms with van der Waals surface area (Å²) in [6, 6.07) is 13.6. The standard InChI is InChI=1S/C14H17ClN4O6S2.C13H15ClN4O2S.C4H3FN2.C3H8/c1-3-19(14-17-10(2)16-13(15)18-14)11-5-4-6-12(9-11)26(20,21)8-7-25-27(22,23)24;1-3-8-21(19,20)11-6-4-10(5-7-11)17-13-16-9(2)15-12(14)18-13;5-4-1-2-6-3-7-4;1-3-2/h4-6,9H,3,7-8H2,1-2H3,(H,22,23,24);4-7H,3,8H2,1-2H3,(H,15,16,17,18);1-3H;3H2,1-2H3. The second-order valence-electron chi connectivity index (χ2n) is 11.4. The summed E-state index contributed by atoms with van der Waals surface area (Å²) in [4.78, 5) is 32.7. The smallest absolute Gasteiger partial charge is 0.324 e. The second kappa shape index (κ2) is 23.7. The maximum atomic E-state index is 12.4. The van der Waals surface area contributed by atoms with Gasteiger partial charge in [0.05, 0.1) is 27.9 Å². The Morgan fingerprint density at radius 2 is 1.38 bits per heavy atom. The zero-order chi connectivity index (χ0) is 43.5. The number of rotatable bonds is 13. The lowest BCUT2D eigenvalue weighted by Gasteiger charge is -2.21. The predicted molar refractivity (Wildman–Crippen MR) is 218 cm³/mol. The lowest BCUT2D eigenvalue weighted by molar-refractivity contribution is 0.284. The highest BCUT2D eigenvalue weighted by atomic mass is 35.5. The molecule has 316 valence electrons. The average molecular weight is 906 g/mol. The van der Waals surface area contributed by atoms with Gasteiger partial charge in [0.15, 0.2) is 19.7 Å². The summed E-state index contributed by atoms with van der Waals surface area (Å²) in [6.45, 7) is 11.0. The van der Waals surface area contributed by atoms with E-state index < -0.39 is 48.4 Å². The molecule has 0 saturated carbocycles. The molecule has 0 aliphatic rings. The van der Waals surface area contributed by atoms with Gasteiger partial charge in [-0.3, -0.25) is 4.55 Å². The fourth-order valence-corrected chi connectivity index (χ4v) is 7.50. The third-order valence-electron chi connectivity index (χ3n) is 6.55. The van der Waals surface area contributed by atoms with Crippen LogP contribution in [0.15, 0.2) is 76.9 Å². The number of benzene rings is 2. The molecule has 0 atom stereocenters. The molecule has 0 aliphatic heterocycles. The van der Waals surface area contributed by atoms with Crippen molar-refractivity contribution in [3.8, 4) is 0 Å². The Morgan fingerprint density at radius 3 is 1.88 bits per heavy atom. The van der Waals surface area contributed by atoms with E-state index in [2.05, 4.69) is 63.2 Å². The fraction of sp³-hybridized carbons (Fsp3) is 0.353. The van der Waals surface area contributed by atoms with Crippen LogP contribution < -0.4 is 10.2 Å². The van der Waals surface area contributed by atoms with E-state index in [0.29, 0.717) is 46.8 Å². The number of aromatic nitrogens is 8. The summed E-state index contributed by atoms with van der Waals surface area (Å²) >= 11 is 11.6. The van der Waals surface area contributed by atoms with Gasteiger partial charge in [-0.05, 0) is 92.9 Å². The lowest BCUT2D eigenvalue weighted by Crippen LogP contribution is -2.20. The van der Waals surface area contributed by atoms with Gasteiger partial charge in [0.1, 0.15) is 18.0 Å². The van der Waals surface area contributed by atoms with Gasteiger partial charge >= 0.3 is 10.4 Å². The van der Waals surface area contributed by atoms with Gasteiger partial charge < -0.3 is 10.2 Å². The van der Waals surface area contributed by atoms with E-state index in [1.807, 2.05) is 13.8 Å². The van der Waals surface area contributed by atoms with Crippen molar-refractivity contribution < 1.29 is 38.4 Å². The van der Waals surface area contributed by atoms with Crippen LogP contribution in [0.5, 0.6) is 0 Å². The number of hydrogen-bond donors (Lipinski definition) is 2. The molecule has 18 nitrogen and oxygen atoms in total. The van der Waals surface area contributed by atoms with Crippen LogP contribution in [0.4, 0.5) is 27.7 Å². The van der Waals surface area contributed by atoms with Crippen LogP contribution in [-0.2, 0) is 34.3 Å². The molecule has 0 saturated heterocycles. The molecule has 3 heterocycles. The van der Waals surface area contributed by atoms with E-state index in [9.17, 15) is 29.6 Å². The van der Waals surface area contributed by atoms with Crippen molar-refractivity contribution in [2.75, 3.05) is 34.9 Å². The summed E-state index contributed by atoms with van der Waals surface area (Å²) in [5, 5.41) is 3.07. The van der Waals surface area contributed by atoms with Crippen molar-refractivity contribution in [1.29, 1.82) is 0 Å². The molecule has 0 radical (unpaired) electrons. The number of aryl methyl sites for hydroxylation is 2. The highest BCUT2D eigenvalue weighted by Gasteiger charge is 2.20. The Kier molecular flexibility index (Phi) is 20.3. The third-order valence-corrected chi connectivity index (χ3v) is 11.0. The molecule has 0 amide bonds. The van der Waals surface area contributed by atoms with Crippen molar-refractivity contribution in [3.05, 3.63) is 95.3 Å². The minimum absolute atomic E-state index is 0.0158. The zero-order valence-corrected chi connectivity index (χ0v) is 36.2. The first-order valence-corrected chi connectivity index (χ1v) is 22.7. The van der Waals surface area contributed by atoms with Crippen LogP contribution in [0.1, 0.15) is 52.2 Å². The Hall–Kier alpha value is -4.58. The molecule has 0 spiro atoms. The van der Waals surface area contributed by atoms with Crippen LogP contribution in [0.25, 0.3) is 0 Å². The molecule has 2 N–H and O–H groups in total. The fourth-order valence-electron chi connectivity index (χ4n) is 4.25. The molecule has 3 aromatic heterocycles. The monoisotopic (exact) mass is 904 g/mol. The van der Waals surface area contributed by atoms with E-state index in [0.717, 1.165) is 6.33 Å². The van der Waals surface area contributed by atoms with Crippen LogP contribution in [0.2, 0.25) is 10.6 Å². The summed E-state index contributed by atoms with van der Waals surface area (Å²) in [7, 11) is -11.8. The molecular weight excluding hydrogens is 863 g/mol. The quantitative estimate of drug-likeness (QED) is 0.0961. The van der Waals surface area contributed by atoms with Crippen molar-refractivity contribution >= 4 is 76.5 Å². The summed E-state index contributed by atoms with van der Waals surface area (Å²) in [5.74, 6) is 0.515. The largest absolute Gasteiger partial charge is 0.397 e. The van der Waals surface area contributed by atoms with Gasteiger partial charge in [-0.2, -0.15) is 32.7 Å². The summed E-state index contributed by atoms with van der Waals surface area (Å²) < 4.78 is 94.1.